The van der Waals surface area contributed by atoms with E-state index in [9.17, 15) is 0 Å². The highest BCUT2D eigenvalue weighted by molar-refractivity contribution is 5.80. The first-order valence-corrected chi connectivity index (χ1v) is 5.46. The Hall–Kier alpha value is -0.770. The van der Waals surface area contributed by atoms with Crippen LogP contribution in [0.25, 0.3) is 0 Å². The van der Waals surface area contributed by atoms with Crippen molar-refractivity contribution in [2.75, 3.05) is 46.4 Å². The Labute approximate surface area is 85.5 Å². The van der Waals surface area contributed by atoms with Crippen LogP contribution in [0, 0.1) is 0 Å². The minimum absolute atomic E-state index is 0.840. The second kappa shape index (κ2) is 4.64. The molecule has 0 N–H and O–H groups in total. The molecule has 4 nitrogen and oxygen atoms in total. The Morgan fingerprint density at radius 1 is 1.00 bits per heavy atom. The van der Waals surface area contributed by atoms with E-state index >= 15 is 0 Å². The minimum atomic E-state index is 0.840. The molecule has 14 heavy (non-hydrogen) atoms. The van der Waals surface area contributed by atoms with E-state index in [2.05, 4.69) is 14.8 Å². The smallest absolute Gasteiger partial charge is 0.196 e. The zero-order chi connectivity index (χ0) is 9.80. The van der Waals surface area contributed by atoms with Crippen molar-refractivity contribution in [3.8, 4) is 0 Å². The maximum atomic E-state index is 5.34. The number of guanidine groups is 1. The average molecular weight is 197 g/mol. The Balaban J connectivity index is 1.97. The van der Waals surface area contributed by atoms with Gasteiger partial charge >= 0.3 is 0 Å². The van der Waals surface area contributed by atoms with E-state index in [-0.39, 0.29) is 0 Å². The van der Waals surface area contributed by atoms with Crippen LogP contribution in [0.3, 0.4) is 0 Å². The number of hydrogen-bond acceptors (Lipinski definition) is 2. The SMILES string of the molecule is C/N=C(\N1CCCC1)N1CCOCC1. The minimum Gasteiger partial charge on any atom is -0.378 e. The molecule has 0 bridgehead atoms. The van der Waals surface area contributed by atoms with E-state index < -0.39 is 0 Å². The van der Waals surface area contributed by atoms with Gasteiger partial charge in [0, 0.05) is 33.2 Å². The fraction of sp³-hybridized carbons (Fsp3) is 0.900. The van der Waals surface area contributed by atoms with E-state index in [0.29, 0.717) is 0 Å². The van der Waals surface area contributed by atoms with Crippen molar-refractivity contribution >= 4 is 5.96 Å². The highest BCUT2D eigenvalue weighted by Gasteiger charge is 2.22. The third-order valence-electron chi connectivity index (χ3n) is 2.88. The monoisotopic (exact) mass is 197 g/mol. The Morgan fingerprint density at radius 2 is 1.57 bits per heavy atom. The van der Waals surface area contributed by atoms with Gasteiger partial charge in [0.2, 0.25) is 0 Å². The van der Waals surface area contributed by atoms with Crippen LogP contribution in [0.2, 0.25) is 0 Å². The standard InChI is InChI=1S/C10H19N3O/c1-11-10(12-4-2-3-5-12)13-6-8-14-9-7-13/h2-9H2,1H3/b11-10+. The van der Waals surface area contributed by atoms with Crippen LogP contribution >= 0.6 is 0 Å². The molecule has 80 valence electrons. The molecule has 0 spiro atoms. The maximum Gasteiger partial charge on any atom is 0.196 e. The van der Waals surface area contributed by atoms with Gasteiger partial charge < -0.3 is 14.5 Å². The molecular weight excluding hydrogens is 178 g/mol. The van der Waals surface area contributed by atoms with Crippen molar-refractivity contribution in [3.63, 3.8) is 0 Å². The van der Waals surface area contributed by atoms with Crippen LogP contribution in [-0.4, -0.2) is 62.2 Å². The quantitative estimate of drug-likeness (QED) is 0.415. The highest BCUT2D eigenvalue weighted by Crippen LogP contribution is 2.11. The van der Waals surface area contributed by atoms with Crippen molar-refractivity contribution in [2.24, 2.45) is 4.99 Å². The molecule has 0 aromatic heterocycles. The Bertz CT molecular complexity index is 205. The van der Waals surface area contributed by atoms with Gasteiger partial charge in [-0.15, -0.1) is 0 Å². The first-order chi connectivity index (χ1) is 6.92. The summed E-state index contributed by atoms with van der Waals surface area (Å²) in [5.74, 6) is 1.17. The summed E-state index contributed by atoms with van der Waals surface area (Å²) in [6, 6.07) is 0. The molecule has 0 atom stereocenters. The number of likely N-dealkylation sites (tertiary alicyclic amines) is 1. The molecule has 0 aromatic rings. The van der Waals surface area contributed by atoms with E-state index in [0.717, 1.165) is 26.3 Å². The van der Waals surface area contributed by atoms with Crippen molar-refractivity contribution in [3.05, 3.63) is 0 Å². The number of nitrogens with zero attached hydrogens (tertiary/aromatic N) is 3. The van der Waals surface area contributed by atoms with Gasteiger partial charge in [0.15, 0.2) is 5.96 Å². The molecule has 2 aliphatic rings. The van der Waals surface area contributed by atoms with Crippen molar-refractivity contribution in [2.45, 2.75) is 12.8 Å². The first kappa shape index (κ1) is 9.77. The van der Waals surface area contributed by atoms with Crippen LogP contribution in [0.1, 0.15) is 12.8 Å². The van der Waals surface area contributed by atoms with Gasteiger partial charge in [-0.1, -0.05) is 0 Å². The second-order valence-corrected chi connectivity index (χ2v) is 3.82. The maximum absolute atomic E-state index is 5.34. The molecule has 0 radical (unpaired) electrons. The van der Waals surface area contributed by atoms with Crippen molar-refractivity contribution < 1.29 is 4.74 Å². The van der Waals surface area contributed by atoms with Crippen LogP contribution in [0.4, 0.5) is 0 Å². The highest BCUT2D eigenvalue weighted by atomic mass is 16.5. The normalized spacial score (nSPS) is 24.5. The summed E-state index contributed by atoms with van der Waals surface area (Å²) in [6.07, 6.45) is 2.62. The number of hydrogen-bond donors (Lipinski definition) is 0. The summed E-state index contributed by atoms with van der Waals surface area (Å²) < 4.78 is 5.34. The van der Waals surface area contributed by atoms with Gasteiger partial charge in [0.1, 0.15) is 0 Å². The number of rotatable bonds is 0. The summed E-state index contributed by atoms with van der Waals surface area (Å²) in [7, 11) is 1.89. The molecule has 2 aliphatic heterocycles. The lowest BCUT2D eigenvalue weighted by Gasteiger charge is -2.34. The molecule has 2 rings (SSSR count). The topological polar surface area (TPSA) is 28.1 Å². The third kappa shape index (κ3) is 2.00. The summed E-state index contributed by atoms with van der Waals surface area (Å²) in [5.41, 5.74) is 0. The third-order valence-corrected chi connectivity index (χ3v) is 2.88. The molecule has 0 aliphatic carbocycles. The molecule has 0 saturated carbocycles. The molecular formula is C10H19N3O. The number of ether oxygens (including phenoxy) is 1. The molecule has 4 heteroatoms. The van der Waals surface area contributed by atoms with E-state index in [1.807, 2.05) is 7.05 Å². The zero-order valence-electron chi connectivity index (χ0n) is 8.91. The summed E-state index contributed by atoms with van der Waals surface area (Å²) in [6.45, 7) is 6.00. The first-order valence-electron chi connectivity index (χ1n) is 5.46. The summed E-state index contributed by atoms with van der Waals surface area (Å²) >= 11 is 0. The van der Waals surface area contributed by atoms with Gasteiger partial charge in [-0.3, -0.25) is 4.99 Å². The van der Waals surface area contributed by atoms with Gasteiger partial charge in [-0.05, 0) is 12.8 Å². The second-order valence-electron chi connectivity index (χ2n) is 3.82. The average Bonchev–Trinajstić information content (AvgIpc) is 2.74. The molecule has 0 aromatic carbocycles. The van der Waals surface area contributed by atoms with Crippen molar-refractivity contribution in [1.29, 1.82) is 0 Å². The predicted molar refractivity (Wildman–Crippen MR) is 56.6 cm³/mol. The van der Waals surface area contributed by atoms with Gasteiger partial charge in [0.25, 0.3) is 0 Å². The van der Waals surface area contributed by atoms with Crippen LogP contribution in [0.15, 0.2) is 4.99 Å². The summed E-state index contributed by atoms with van der Waals surface area (Å²) in [4.78, 5) is 9.14. The number of morpholine rings is 1. The van der Waals surface area contributed by atoms with E-state index in [1.165, 1.54) is 31.9 Å². The molecule has 2 fully saturated rings. The Kier molecular flexibility index (Phi) is 3.24. The largest absolute Gasteiger partial charge is 0.378 e. The molecule has 0 amide bonds. The van der Waals surface area contributed by atoms with Gasteiger partial charge in [-0.2, -0.15) is 0 Å². The molecule has 2 saturated heterocycles. The van der Waals surface area contributed by atoms with E-state index in [4.69, 9.17) is 4.74 Å². The van der Waals surface area contributed by atoms with Gasteiger partial charge in [-0.25, -0.2) is 0 Å². The van der Waals surface area contributed by atoms with Crippen LogP contribution < -0.4 is 0 Å². The molecule has 2 heterocycles. The van der Waals surface area contributed by atoms with Crippen LogP contribution in [0.5, 0.6) is 0 Å². The van der Waals surface area contributed by atoms with Crippen molar-refractivity contribution in [1.82, 2.24) is 9.80 Å². The van der Waals surface area contributed by atoms with Crippen LogP contribution in [-0.2, 0) is 4.74 Å². The predicted octanol–water partition coefficient (Wildman–Crippen LogP) is 0.400. The van der Waals surface area contributed by atoms with E-state index in [1.54, 1.807) is 0 Å². The fourth-order valence-corrected chi connectivity index (χ4v) is 2.16. The lowest BCUT2D eigenvalue weighted by atomic mass is 10.4. The fourth-order valence-electron chi connectivity index (χ4n) is 2.16. The lowest BCUT2D eigenvalue weighted by molar-refractivity contribution is 0.0629. The number of aliphatic imine (C=N–C) groups is 1. The lowest BCUT2D eigenvalue weighted by Crippen LogP contribution is -2.48. The van der Waals surface area contributed by atoms with Gasteiger partial charge in [0.05, 0.1) is 13.2 Å². The zero-order valence-corrected chi connectivity index (χ0v) is 8.91. The Morgan fingerprint density at radius 3 is 2.14 bits per heavy atom. The molecule has 0 unspecified atom stereocenters. The summed E-state index contributed by atoms with van der Waals surface area (Å²) in [5, 5.41) is 0.